The number of rotatable bonds is 27. The lowest BCUT2D eigenvalue weighted by atomic mass is 9.87. The normalized spacial score (nSPS) is 24.3. The summed E-state index contributed by atoms with van der Waals surface area (Å²) in [4.78, 5) is 101. The van der Waals surface area contributed by atoms with Gasteiger partial charge in [-0.25, -0.2) is 15.0 Å². The third-order valence-corrected chi connectivity index (χ3v) is 13.5. The molecular formula is C54H83N9O14. The number of epoxide rings is 1. The number of allylic oxidation sites excluding steroid dienone is 2. The number of hydrazine groups is 1. The molecule has 8 amide bonds. The van der Waals surface area contributed by atoms with E-state index in [0.717, 1.165) is 23.4 Å². The van der Waals surface area contributed by atoms with E-state index in [0.29, 0.717) is 50.1 Å². The average Bonchev–Trinajstić information content (AvgIpc) is 4.14. The maximum atomic E-state index is 13.5. The van der Waals surface area contributed by atoms with Crippen molar-refractivity contribution in [2.45, 2.75) is 180 Å². The van der Waals surface area contributed by atoms with Gasteiger partial charge in [0.15, 0.2) is 0 Å². The van der Waals surface area contributed by atoms with Gasteiger partial charge in [0.1, 0.15) is 42.6 Å². The molecule has 0 aliphatic carbocycles. The Morgan fingerprint density at radius 3 is 2.31 bits per heavy atom. The van der Waals surface area contributed by atoms with E-state index < -0.39 is 77.9 Å². The van der Waals surface area contributed by atoms with Crippen LogP contribution < -0.4 is 43.5 Å². The van der Waals surface area contributed by atoms with Crippen LogP contribution in [0.4, 0.5) is 15.3 Å². The molecule has 0 bridgehead atoms. The summed E-state index contributed by atoms with van der Waals surface area (Å²) in [7, 11) is 1.38. The van der Waals surface area contributed by atoms with Gasteiger partial charge in [0, 0.05) is 45.1 Å². The number of nitrogens with two attached hydrogens (primary N) is 2. The molecule has 428 valence electrons. The number of esters is 1. The minimum Gasteiger partial charge on any atom is -0.459 e. The van der Waals surface area contributed by atoms with Gasteiger partial charge in [-0.3, -0.25) is 33.8 Å². The van der Waals surface area contributed by atoms with Gasteiger partial charge in [-0.15, -0.1) is 0 Å². The zero-order valence-corrected chi connectivity index (χ0v) is 45.8. The van der Waals surface area contributed by atoms with E-state index >= 15 is 0 Å². The van der Waals surface area contributed by atoms with Crippen molar-refractivity contribution in [3.63, 3.8) is 0 Å². The second-order valence-corrected chi connectivity index (χ2v) is 20.6. The molecule has 23 heteroatoms. The van der Waals surface area contributed by atoms with E-state index in [-0.39, 0.29) is 80.7 Å². The van der Waals surface area contributed by atoms with Crippen molar-refractivity contribution in [2.75, 3.05) is 32.1 Å². The Hall–Kier alpha value is -6.40. The SMILES string of the molecule is CC(=O)O[C@@H](C)/C=C\C(=O)N[C@@H]1C[C@H](C)[C@H](C/C=C(C)/C=C/[C@H]2O[C@H](CC(=O)N(C)NC(=O)OCc3ccc(NC(=O)[C@H](CCCNC(N)=O)NC(=O)[C@@H](NC(=O)CCCCCN)C(C)C)cc3)C[C@@]3(CO3)[C@@H]2O)O[C@@H]1C. The van der Waals surface area contributed by atoms with Crippen molar-refractivity contribution in [1.29, 1.82) is 0 Å². The number of hydrogen-bond donors (Lipinski definition) is 9. The number of nitrogens with zero attached hydrogens (tertiary/aromatic N) is 1. The minimum absolute atomic E-state index is 0.0947. The number of urea groups is 1. The molecule has 1 spiro atoms. The zero-order valence-electron chi connectivity index (χ0n) is 45.8. The van der Waals surface area contributed by atoms with Gasteiger partial charge >= 0.3 is 18.1 Å². The fraction of sp³-hybridized carbons (Fsp3) is 0.630. The fourth-order valence-corrected chi connectivity index (χ4v) is 8.95. The molecule has 0 aromatic heterocycles. The summed E-state index contributed by atoms with van der Waals surface area (Å²) < 4.78 is 28.6. The molecule has 3 aliphatic heterocycles. The number of primary amides is 1. The predicted octanol–water partition coefficient (Wildman–Crippen LogP) is 3.19. The molecule has 3 saturated heterocycles. The highest BCUT2D eigenvalue weighted by molar-refractivity contribution is 5.98. The topological polar surface area (TPSA) is 334 Å². The molecule has 0 saturated carbocycles. The molecule has 4 rings (SSSR count). The molecule has 23 nitrogen and oxygen atoms in total. The standard InChI is InChI=1S/C54H83N9O14/c1-32(2)48(61-45(65)14-10-9-11-25-55)51(70)60-41(13-12-26-57-52(56)71)50(69)58-39-20-18-38(19-21-39)30-73-53(72)62-63(8)47(67)28-40-29-54(31-74-54)49(68)44(77-40)23-16-33(3)15-22-43-34(4)27-42(36(6)76-43)59-46(66)24-17-35(5)75-37(7)64/h15-21,23-24,32,34-36,40-44,48-49,68H,9-14,22,25-31,55H2,1-8H3,(H,58,69)(H,59,66)(H,60,70)(H,61,65)(H,62,72)(H3,56,57,71)/b23-16+,24-17-,33-15+/t34-,35-,36+,40+,41-,42+,43-,44+,48-,49+,54+/m0/s1. The van der Waals surface area contributed by atoms with Crippen LogP contribution >= 0.6 is 0 Å². The first-order chi connectivity index (χ1) is 36.5. The number of anilines is 1. The molecule has 0 unspecified atom stereocenters. The summed E-state index contributed by atoms with van der Waals surface area (Å²) in [6.07, 6.45) is 8.73. The van der Waals surface area contributed by atoms with Crippen molar-refractivity contribution in [3.8, 4) is 0 Å². The van der Waals surface area contributed by atoms with Crippen LogP contribution in [0.1, 0.15) is 118 Å². The number of unbranched alkanes of at least 4 members (excludes halogenated alkanes) is 2. The first kappa shape index (κ1) is 63.1. The van der Waals surface area contributed by atoms with Crippen LogP contribution in [-0.4, -0.2) is 145 Å². The first-order valence-corrected chi connectivity index (χ1v) is 26.6. The number of benzene rings is 1. The summed E-state index contributed by atoms with van der Waals surface area (Å²) >= 11 is 0. The van der Waals surface area contributed by atoms with Crippen LogP contribution in [0.15, 0.2) is 60.2 Å². The van der Waals surface area contributed by atoms with Gasteiger partial charge in [-0.2, -0.15) is 0 Å². The van der Waals surface area contributed by atoms with Gasteiger partial charge < -0.3 is 66.8 Å². The number of aliphatic hydroxyl groups is 1. The molecule has 1 aromatic carbocycles. The van der Waals surface area contributed by atoms with Crippen molar-refractivity contribution in [3.05, 3.63) is 65.8 Å². The van der Waals surface area contributed by atoms with Crippen molar-refractivity contribution >= 4 is 53.3 Å². The quantitative estimate of drug-likeness (QED) is 0.0153. The predicted molar refractivity (Wildman–Crippen MR) is 285 cm³/mol. The van der Waals surface area contributed by atoms with Gasteiger partial charge in [0.25, 0.3) is 0 Å². The summed E-state index contributed by atoms with van der Waals surface area (Å²) in [5.74, 6) is -2.71. The van der Waals surface area contributed by atoms with E-state index in [9.17, 15) is 43.5 Å². The number of carbonyl (C=O) groups excluding carboxylic acids is 8. The smallest absolute Gasteiger partial charge is 0.426 e. The lowest BCUT2D eigenvalue weighted by molar-refractivity contribution is -0.152. The third kappa shape index (κ3) is 21.9. The summed E-state index contributed by atoms with van der Waals surface area (Å²) in [6, 6.07) is 3.56. The fourth-order valence-electron chi connectivity index (χ4n) is 8.95. The van der Waals surface area contributed by atoms with Crippen LogP contribution in [-0.2, 0) is 59.1 Å². The van der Waals surface area contributed by atoms with E-state index in [1.165, 1.54) is 26.1 Å². The Kier molecular flexibility index (Phi) is 25.5. The van der Waals surface area contributed by atoms with Crippen molar-refractivity contribution < 1.29 is 67.1 Å². The Balaban J connectivity index is 1.24. The Labute approximate surface area is 451 Å². The first-order valence-electron chi connectivity index (χ1n) is 26.6. The Morgan fingerprint density at radius 2 is 1.66 bits per heavy atom. The monoisotopic (exact) mass is 1080 g/mol. The number of amides is 8. The van der Waals surface area contributed by atoms with Gasteiger partial charge in [0.2, 0.25) is 29.5 Å². The number of ether oxygens (including phenoxy) is 5. The molecule has 0 radical (unpaired) electrons. The lowest BCUT2D eigenvalue weighted by Crippen LogP contribution is -2.54. The molecular weight excluding hydrogens is 999 g/mol. The molecule has 11 atom stereocenters. The van der Waals surface area contributed by atoms with Crippen LogP contribution in [0.25, 0.3) is 0 Å². The van der Waals surface area contributed by atoms with E-state index in [1.54, 1.807) is 51.1 Å². The minimum atomic E-state index is -1.04. The molecule has 11 N–H and O–H groups in total. The van der Waals surface area contributed by atoms with E-state index in [4.69, 9.17) is 35.2 Å². The second kappa shape index (κ2) is 31.1. The molecule has 77 heavy (non-hydrogen) atoms. The highest BCUT2D eigenvalue weighted by Gasteiger charge is 2.58. The Morgan fingerprint density at radius 1 is 0.948 bits per heavy atom. The summed E-state index contributed by atoms with van der Waals surface area (Å²) in [5, 5.41) is 26.0. The van der Waals surface area contributed by atoms with Gasteiger partial charge in [-0.05, 0) is 101 Å². The summed E-state index contributed by atoms with van der Waals surface area (Å²) in [5.41, 5.74) is 14.1. The third-order valence-electron chi connectivity index (χ3n) is 13.5. The van der Waals surface area contributed by atoms with E-state index in [2.05, 4.69) is 38.9 Å². The van der Waals surface area contributed by atoms with Crippen LogP contribution in [0.3, 0.4) is 0 Å². The number of nitrogens with one attached hydrogen (secondary N) is 6. The van der Waals surface area contributed by atoms with Crippen LogP contribution in [0.5, 0.6) is 0 Å². The number of aliphatic hydroxyl groups excluding tert-OH is 1. The largest absolute Gasteiger partial charge is 0.459 e. The molecule has 3 heterocycles. The van der Waals surface area contributed by atoms with Gasteiger partial charge in [-0.1, -0.05) is 63.1 Å². The maximum absolute atomic E-state index is 13.5. The molecule has 1 aromatic rings. The van der Waals surface area contributed by atoms with Gasteiger partial charge in [0.05, 0.1) is 37.4 Å². The van der Waals surface area contributed by atoms with Crippen LogP contribution in [0.2, 0.25) is 0 Å². The van der Waals surface area contributed by atoms with E-state index in [1.807, 2.05) is 26.0 Å². The molecule has 3 aliphatic rings. The highest BCUT2D eigenvalue weighted by atomic mass is 16.6. The highest BCUT2D eigenvalue weighted by Crippen LogP contribution is 2.43. The van der Waals surface area contributed by atoms with Crippen molar-refractivity contribution in [2.24, 2.45) is 23.3 Å². The van der Waals surface area contributed by atoms with Crippen LogP contribution in [0, 0.1) is 11.8 Å². The molecule has 3 fully saturated rings. The second-order valence-electron chi connectivity index (χ2n) is 20.6. The average molecular weight is 1080 g/mol. The lowest BCUT2D eigenvalue weighted by Gasteiger charge is -2.39. The maximum Gasteiger partial charge on any atom is 0.426 e. The van der Waals surface area contributed by atoms with Crippen molar-refractivity contribution in [1.82, 2.24) is 31.7 Å². The number of hydrogen-bond acceptors (Lipinski definition) is 15. The number of carbonyl (C=O) groups is 8. The Bertz CT molecular complexity index is 2250. The summed E-state index contributed by atoms with van der Waals surface area (Å²) in [6.45, 7) is 13.3. The zero-order chi connectivity index (χ0) is 56.8.